The lowest BCUT2D eigenvalue weighted by atomic mass is 10.0. The second-order valence-electron chi connectivity index (χ2n) is 5.31. The van der Waals surface area contributed by atoms with Gasteiger partial charge in [0.25, 0.3) is 0 Å². The second-order valence-corrected chi connectivity index (χ2v) is 5.31. The van der Waals surface area contributed by atoms with Crippen molar-refractivity contribution in [2.75, 3.05) is 6.54 Å². The van der Waals surface area contributed by atoms with Crippen LogP contribution in [0.15, 0.2) is 48.5 Å². The number of hydrogen-bond donors (Lipinski definition) is 0. The van der Waals surface area contributed by atoms with Gasteiger partial charge in [-0.15, -0.1) is 0 Å². The second kappa shape index (κ2) is 5.71. The van der Waals surface area contributed by atoms with Crippen LogP contribution in [0, 0.1) is 11.6 Å². The molecule has 1 fully saturated rings. The van der Waals surface area contributed by atoms with Crippen molar-refractivity contribution in [3.05, 3.63) is 71.3 Å². The van der Waals surface area contributed by atoms with Crippen LogP contribution in [0.4, 0.5) is 8.78 Å². The summed E-state index contributed by atoms with van der Waals surface area (Å²) < 4.78 is 26.3. The van der Waals surface area contributed by atoms with Crippen molar-refractivity contribution in [3.63, 3.8) is 0 Å². The maximum absolute atomic E-state index is 13.2. The monoisotopic (exact) mass is 273 g/mol. The van der Waals surface area contributed by atoms with Gasteiger partial charge in [-0.3, -0.25) is 4.90 Å². The Morgan fingerprint density at radius 3 is 2.55 bits per heavy atom. The first kappa shape index (κ1) is 13.3. The fourth-order valence-electron chi connectivity index (χ4n) is 2.95. The van der Waals surface area contributed by atoms with E-state index in [0.717, 1.165) is 37.1 Å². The van der Waals surface area contributed by atoms with E-state index in [4.69, 9.17) is 0 Å². The van der Waals surface area contributed by atoms with Crippen molar-refractivity contribution in [2.24, 2.45) is 0 Å². The lowest BCUT2D eigenvalue weighted by Crippen LogP contribution is -2.22. The molecule has 0 bridgehead atoms. The number of benzene rings is 2. The van der Waals surface area contributed by atoms with Gasteiger partial charge < -0.3 is 0 Å². The predicted octanol–water partition coefficient (Wildman–Crippen LogP) is 4.30. The molecule has 0 N–H and O–H groups in total. The summed E-state index contributed by atoms with van der Waals surface area (Å²) in [4.78, 5) is 2.34. The van der Waals surface area contributed by atoms with Gasteiger partial charge in [0.15, 0.2) is 0 Å². The van der Waals surface area contributed by atoms with Gasteiger partial charge in [-0.2, -0.15) is 0 Å². The first-order chi connectivity index (χ1) is 9.72. The molecule has 1 atom stereocenters. The van der Waals surface area contributed by atoms with Crippen LogP contribution in [0.25, 0.3) is 0 Å². The summed E-state index contributed by atoms with van der Waals surface area (Å²) in [7, 11) is 0. The molecule has 1 nitrogen and oxygen atoms in total. The fourth-order valence-corrected chi connectivity index (χ4v) is 2.95. The van der Waals surface area contributed by atoms with E-state index in [0.29, 0.717) is 6.04 Å². The highest BCUT2D eigenvalue weighted by atomic mass is 19.1. The van der Waals surface area contributed by atoms with E-state index in [1.165, 1.54) is 18.2 Å². The number of halogens is 2. The Morgan fingerprint density at radius 2 is 1.80 bits per heavy atom. The lowest BCUT2D eigenvalue weighted by Gasteiger charge is -2.25. The Hall–Kier alpha value is -1.74. The third kappa shape index (κ3) is 2.88. The van der Waals surface area contributed by atoms with Gasteiger partial charge in [0.1, 0.15) is 11.6 Å². The highest BCUT2D eigenvalue weighted by Gasteiger charge is 2.25. The van der Waals surface area contributed by atoms with E-state index in [9.17, 15) is 8.78 Å². The molecule has 2 aromatic carbocycles. The molecule has 0 saturated carbocycles. The van der Waals surface area contributed by atoms with E-state index >= 15 is 0 Å². The third-order valence-corrected chi connectivity index (χ3v) is 3.89. The molecule has 0 unspecified atom stereocenters. The molecule has 3 heteroatoms. The maximum atomic E-state index is 13.2. The topological polar surface area (TPSA) is 3.24 Å². The Balaban J connectivity index is 1.77. The summed E-state index contributed by atoms with van der Waals surface area (Å²) in [6, 6.07) is 13.8. The molecule has 1 heterocycles. The Bertz CT molecular complexity index is 580. The van der Waals surface area contributed by atoms with Gasteiger partial charge in [0, 0.05) is 12.6 Å². The summed E-state index contributed by atoms with van der Waals surface area (Å²) >= 11 is 0. The number of likely N-dealkylation sites (tertiary alicyclic amines) is 1. The molecular weight excluding hydrogens is 256 g/mol. The van der Waals surface area contributed by atoms with E-state index < -0.39 is 0 Å². The van der Waals surface area contributed by atoms with E-state index in [1.807, 2.05) is 18.2 Å². The van der Waals surface area contributed by atoms with Crippen LogP contribution in [0.3, 0.4) is 0 Å². The minimum atomic E-state index is -0.205. The number of hydrogen-bond acceptors (Lipinski definition) is 1. The zero-order chi connectivity index (χ0) is 13.9. The lowest BCUT2D eigenvalue weighted by molar-refractivity contribution is 0.248. The Labute approximate surface area is 117 Å². The molecular formula is C17H17F2N. The van der Waals surface area contributed by atoms with E-state index in [1.54, 1.807) is 12.1 Å². The smallest absolute Gasteiger partial charge is 0.123 e. The van der Waals surface area contributed by atoms with Gasteiger partial charge in [-0.1, -0.05) is 24.3 Å². The van der Waals surface area contributed by atoms with Crippen LogP contribution in [-0.2, 0) is 6.54 Å². The average molecular weight is 273 g/mol. The average Bonchev–Trinajstić information content (AvgIpc) is 2.88. The Kier molecular flexibility index (Phi) is 3.79. The van der Waals surface area contributed by atoms with Gasteiger partial charge >= 0.3 is 0 Å². The molecule has 3 rings (SSSR count). The van der Waals surface area contributed by atoms with E-state index in [2.05, 4.69) is 4.90 Å². The highest BCUT2D eigenvalue weighted by molar-refractivity contribution is 5.22. The molecule has 1 aliphatic rings. The quantitative estimate of drug-likeness (QED) is 0.805. The van der Waals surface area contributed by atoms with Gasteiger partial charge in [0.05, 0.1) is 0 Å². The zero-order valence-electron chi connectivity index (χ0n) is 11.2. The molecule has 1 saturated heterocycles. The molecule has 2 aromatic rings. The summed E-state index contributed by atoms with van der Waals surface area (Å²) in [5.41, 5.74) is 2.12. The van der Waals surface area contributed by atoms with Crippen LogP contribution >= 0.6 is 0 Å². The molecule has 104 valence electrons. The molecule has 0 aromatic heterocycles. The van der Waals surface area contributed by atoms with Crippen molar-refractivity contribution < 1.29 is 8.78 Å². The van der Waals surface area contributed by atoms with Crippen LogP contribution < -0.4 is 0 Å². The number of rotatable bonds is 3. The summed E-state index contributed by atoms with van der Waals surface area (Å²) in [6.07, 6.45) is 2.19. The van der Waals surface area contributed by atoms with Gasteiger partial charge in [-0.25, -0.2) is 8.78 Å². The normalized spacial score (nSPS) is 19.4. The first-order valence-corrected chi connectivity index (χ1v) is 6.96. The van der Waals surface area contributed by atoms with E-state index in [-0.39, 0.29) is 11.6 Å². The van der Waals surface area contributed by atoms with Crippen LogP contribution in [0.1, 0.15) is 30.0 Å². The minimum Gasteiger partial charge on any atom is -0.292 e. The molecule has 20 heavy (non-hydrogen) atoms. The maximum Gasteiger partial charge on any atom is 0.123 e. The largest absolute Gasteiger partial charge is 0.292 e. The van der Waals surface area contributed by atoms with Crippen molar-refractivity contribution in [2.45, 2.75) is 25.4 Å². The molecule has 0 radical (unpaired) electrons. The molecule has 0 spiro atoms. The fraction of sp³-hybridized carbons (Fsp3) is 0.294. The minimum absolute atomic E-state index is 0.194. The third-order valence-electron chi connectivity index (χ3n) is 3.89. The standard InChI is InChI=1S/C17H17F2N/c18-15-8-6-14(7-9-15)17-5-2-10-20(17)12-13-3-1-4-16(19)11-13/h1,3-4,6-9,11,17H,2,5,10,12H2/t17-/m0/s1. The molecule has 0 aliphatic carbocycles. The molecule has 0 amide bonds. The Morgan fingerprint density at radius 1 is 1.00 bits per heavy atom. The highest BCUT2D eigenvalue weighted by Crippen LogP contribution is 2.33. The first-order valence-electron chi connectivity index (χ1n) is 6.96. The summed E-state index contributed by atoms with van der Waals surface area (Å²) in [5.74, 6) is -0.400. The van der Waals surface area contributed by atoms with Crippen molar-refractivity contribution >= 4 is 0 Å². The van der Waals surface area contributed by atoms with Crippen LogP contribution in [0.5, 0.6) is 0 Å². The predicted molar refractivity (Wildman–Crippen MR) is 75.2 cm³/mol. The van der Waals surface area contributed by atoms with Crippen molar-refractivity contribution in [1.29, 1.82) is 0 Å². The zero-order valence-corrected chi connectivity index (χ0v) is 11.2. The SMILES string of the molecule is Fc1ccc([C@@H]2CCCN2Cc2cccc(F)c2)cc1. The van der Waals surface area contributed by atoms with Crippen LogP contribution in [-0.4, -0.2) is 11.4 Å². The van der Waals surface area contributed by atoms with Crippen LogP contribution in [0.2, 0.25) is 0 Å². The summed E-state index contributed by atoms with van der Waals surface area (Å²) in [6.45, 7) is 1.73. The van der Waals surface area contributed by atoms with Gasteiger partial charge in [-0.05, 0) is 54.8 Å². The van der Waals surface area contributed by atoms with Crippen molar-refractivity contribution in [1.82, 2.24) is 4.90 Å². The molecule has 1 aliphatic heterocycles. The van der Waals surface area contributed by atoms with Gasteiger partial charge in [0.2, 0.25) is 0 Å². The summed E-state index contributed by atoms with van der Waals surface area (Å²) in [5, 5.41) is 0. The number of nitrogens with zero attached hydrogens (tertiary/aromatic N) is 1. The van der Waals surface area contributed by atoms with Crippen molar-refractivity contribution in [3.8, 4) is 0 Å².